The van der Waals surface area contributed by atoms with E-state index in [2.05, 4.69) is 10.8 Å². The Morgan fingerprint density at radius 3 is 2.56 bits per heavy atom. The van der Waals surface area contributed by atoms with Crippen molar-refractivity contribution < 1.29 is 9.90 Å². The maximum atomic E-state index is 12.7. The molecule has 0 aromatic carbocycles. The molecule has 3 fully saturated rings. The van der Waals surface area contributed by atoms with Crippen molar-refractivity contribution in [2.75, 3.05) is 13.1 Å². The van der Waals surface area contributed by atoms with Gasteiger partial charge in [-0.2, -0.15) is 0 Å². The number of terminal acetylenes is 1. The summed E-state index contributed by atoms with van der Waals surface area (Å²) in [6.07, 6.45) is 14.1. The van der Waals surface area contributed by atoms with Gasteiger partial charge in [-0.3, -0.25) is 4.79 Å². The summed E-state index contributed by atoms with van der Waals surface area (Å²) in [5, 5.41) is 10.5. The lowest BCUT2D eigenvalue weighted by Crippen LogP contribution is -2.43. The first-order chi connectivity index (χ1) is 13.1. The predicted octanol–water partition coefficient (Wildman–Crippen LogP) is 3.26. The third kappa shape index (κ3) is 2.80. The summed E-state index contributed by atoms with van der Waals surface area (Å²) in [6.45, 7) is 1.87. The molecule has 1 N–H and O–H groups in total. The maximum Gasteiger partial charge on any atom is 0.177 e. The standard InChI is InChI=1S/C23H26N2O2/c1-2-17-19(26)14-16-6-7-18(22(27)15-4-5-15)24-20(16)21(17)25-12-10-23(11-13-25)8-3-9-23/h1,6-7,15,22,27H,3-5,8-14H2. The summed E-state index contributed by atoms with van der Waals surface area (Å²) in [7, 11) is 0. The number of aromatic nitrogens is 1. The fourth-order valence-electron chi connectivity index (χ4n) is 5.02. The number of hydrogen-bond acceptors (Lipinski definition) is 4. The number of Topliss-reactive ketones (excluding diaryl/α,β-unsaturated/α-hetero) is 1. The van der Waals surface area contributed by atoms with Gasteiger partial charge >= 0.3 is 0 Å². The van der Waals surface area contributed by atoms with Crippen molar-refractivity contribution in [3.63, 3.8) is 0 Å². The molecule has 1 aromatic heterocycles. The van der Waals surface area contributed by atoms with Gasteiger partial charge in [0.2, 0.25) is 0 Å². The number of aliphatic hydroxyl groups is 1. The largest absolute Gasteiger partial charge is 0.387 e. The van der Waals surface area contributed by atoms with Crippen LogP contribution in [0.25, 0.3) is 5.70 Å². The van der Waals surface area contributed by atoms with Crippen molar-refractivity contribution >= 4 is 11.5 Å². The molecule has 1 aromatic rings. The van der Waals surface area contributed by atoms with Crippen LogP contribution in [0.1, 0.15) is 68.0 Å². The Labute approximate surface area is 160 Å². The van der Waals surface area contributed by atoms with Crippen LogP contribution in [-0.2, 0) is 11.2 Å². The molecule has 1 saturated heterocycles. The summed E-state index contributed by atoms with van der Waals surface area (Å²) >= 11 is 0. The quantitative estimate of drug-likeness (QED) is 0.839. The van der Waals surface area contributed by atoms with Gasteiger partial charge in [0.25, 0.3) is 0 Å². The Morgan fingerprint density at radius 2 is 1.96 bits per heavy atom. The molecule has 140 valence electrons. The number of nitrogens with zero attached hydrogens (tertiary/aromatic N) is 2. The van der Waals surface area contributed by atoms with Crippen molar-refractivity contribution in [1.82, 2.24) is 9.88 Å². The molecule has 1 atom stereocenters. The summed E-state index contributed by atoms with van der Waals surface area (Å²) < 4.78 is 0. The van der Waals surface area contributed by atoms with Gasteiger partial charge in [-0.05, 0) is 61.5 Å². The molecule has 2 heterocycles. The second-order valence-corrected chi connectivity index (χ2v) is 8.83. The fourth-order valence-corrected chi connectivity index (χ4v) is 5.02. The summed E-state index contributed by atoms with van der Waals surface area (Å²) in [5.74, 6) is 3.00. The minimum Gasteiger partial charge on any atom is -0.387 e. The first-order valence-corrected chi connectivity index (χ1v) is 10.3. The van der Waals surface area contributed by atoms with Crippen LogP contribution in [0.3, 0.4) is 0 Å². The highest BCUT2D eigenvalue weighted by Crippen LogP contribution is 2.50. The van der Waals surface area contributed by atoms with Crippen LogP contribution in [0.4, 0.5) is 0 Å². The Kier molecular flexibility index (Phi) is 3.91. The topological polar surface area (TPSA) is 53.4 Å². The molecule has 0 amide bonds. The first-order valence-electron chi connectivity index (χ1n) is 10.3. The van der Waals surface area contributed by atoms with Gasteiger partial charge < -0.3 is 10.0 Å². The zero-order valence-corrected chi connectivity index (χ0v) is 15.7. The lowest BCUT2D eigenvalue weighted by atomic mass is 9.63. The Bertz CT molecular complexity index is 861. The maximum absolute atomic E-state index is 12.7. The first kappa shape index (κ1) is 17.0. The Hall–Kier alpha value is -2.12. The molecule has 0 radical (unpaired) electrons. The van der Waals surface area contributed by atoms with Crippen molar-refractivity contribution in [2.45, 2.75) is 57.5 Å². The normalized spacial score (nSPS) is 25.0. The van der Waals surface area contributed by atoms with E-state index < -0.39 is 6.10 Å². The molecule has 0 bridgehead atoms. The molecule has 5 rings (SSSR count). The zero-order valence-electron chi connectivity index (χ0n) is 15.7. The van der Waals surface area contributed by atoms with E-state index in [0.717, 1.165) is 42.9 Å². The molecule has 4 heteroatoms. The third-order valence-electron chi connectivity index (χ3n) is 7.16. The Morgan fingerprint density at radius 1 is 1.22 bits per heavy atom. The van der Waals surface area contributed by atoms with Gasteiger partial charge in [0.05, 0.1) is 28.8 Å². The van der Waals surface area contributed by atoms with Crippen LogP contribution < -0.4 is 0 Å². The number of carbonyl (C=O) groups is 1. The van der Waals surface area contributed by atoms with Crippen LogP contribution in [0.15, 0.2) is 17.7 Å². The van der Waals surface area contributed by atoms with Gasteiger partial charge in [0.15, 0.2) is 5.78 Å². The number of piperidine rings is 1. The van der Waals surface area contributed by atoms with Crippen molar-refractivity contribution in [2.24, 2.45) is 11.3 Å². The summed E-state index contributed by atoms with van der Waals surface area (Å²) in [6, 6.07) is 3.85. The highest BCUT2D eigenvalue weighted by Gasteiger charge is 2.41. The van der Waals surface area contributed by atoms with E-state index in [4.69, 9.17) is 11.4 Å². The highest BCUT2D eigenvalue weighted by molar-refractivity contribution is 6.09. The molecule has 27 heavy (non-hydrogen) atoms. The average molecular weight is 362 g/mol. The van der Waals surface area contributed by atoms with Crippen LogP contribution in [-0.4, -0.2) is 33.9 Å². The van der Waals surface area contributed by atoms with E-state index in [0.29, 0.717) is 29.0 Å². The van der Waals surface area contributed by atoms with E-state index >= 15 is 0 Å². The Balaban J connectivity index is 1.52. The van der Waals surface area contributed by atoms with Crippen LogP contribution in [0.5, 0.6) is 0 Å². The molecular formula is C23H26N2O2. The van der Waals surface area contributed by atoms with Crippen LogP contribution in [0.2, 0.25) is 0 Å². The van der Waals surface area contributed by atoms with Gasteiger partial charge in [-0.1, -0.05) is 18.4 Å². The molecule has 4 aliphatic rings. The molecule has 1 spiro atoms. The lowest BCUT2D eigenvalue weighted by molar-refractivity contribution is -0.114. The minimum atomic E-state index is -0.511. The molecule has 4 nitrogen and oxygen atoms in total. The highest BCUT2D eigenvalue weighted by atomic mass is 16.3. The summed E-state index contributed by atoms with van der Waals surface area (Å²) in [5.41, 5.74) is 4.31. The van der Waals surface area contributed by atoms with Gasteiger partial charge in [0, 0.05) is 19.5 Å². The monoisotopic (exact) mass is 362 g/mol. The number of pyridine rings is 1. The molecule has 3 aliphatic carbocycles. The third-order valence-corrected chi connectivity index (χ3v) is 7.16. The molecular weight excluding hydrogens is 336 g/mol. The predicted molar refractivity (Wildman–Crippen MR) is 103 cm³/mol. The number of fused-ring (bicyclic) bond motifs is 1. The second kappa shape index (κ2) is 6.21. The van der Waals surface area contributed by atoms with Crippen LogP contribution >= 0.6 is 0 Å². The molecule has 1 aliphatic heterocycles. The number of hydrogen-bond donors (Lipinski definition) is 1. The lowest BCUT2D eigenvalue weighted by Gasteiger charge is -2.49. The van der Waals surface area contributed by atoms with Crippen molar-refractivity contribution in [1.29, 1.82) is 0 Å². The smallest absolute Gasteiger partial charge is 0.177 e. The number of likely N-dealkylation sites (tertiary alicyclic amines) is 1. The number of carbonyl (C=O) groups excluding carboxylic acids is 1. The molecule has 1 unspecified atom stereocenters. The van der Waals surface area contributed by atoms with Crippen LogP contribution in [0, 0.1) is 23.7 Å². The minimum absolute atomic E-state index is 0.0150. The molecule has 2 saturated carbocycles. The van der Waals surface area contributed by atoms with E-state index in [1.165, 1.54) is 32.1 Å². The van der Waals surface area contributed by atoms with Crippen molar-refractivity contribution in [3.05, 3.63) is 34.7 Å². The van der Waals surface area contributed by atoms with E-state index in [9.17, 15) is 9.90 Å². The van der Waals surface area contributed by atoms with Gasteiger partial charge in [-0.15, -0.1) is 6.42 Å². The summed E-state index contributed by atoms with van der Waals surface area (Å²) in [4.78, 5) is 19.8. The average Bonchev–Trinajstić information content (AvgIpc) is 3.50. The SMILES string of the molecule is C#CC1=C(N2CCC3(CCC3)CC2)c2nc(C(O)C3CC3)ccc2CC1=O. The number of rotatable bonds is 3. The zero-order chi connectivity index (χ0) is 18.6. The van der Waals surface area contributed by atoms with Gasteiger partial charge in [0.1, 0.15) is 0 Å². The van der Waals surface area contributed by atoms with E-state index in [1.807, 2.05) is 12.1 Å². The van der Waals surface area contributed by atoms with Gasteiger partial charge in [-0.25, -0.2) is 4.98 Å². The number of aliphatic hydroxyl groups excluding tert-OH is 1. The number of allylic oxidation sites excluding steroid dienone is 1. The number of ketones is 1. The fraction of sp³-hybridized carbons (Fsp3) is 0.565. The van der Waals surface area contributed by atoms with Crippen molar-refractivity contribution in [3.8, 4) is 12.3 Å². The second-order valence-electron chi connectivity index (χ2n) is 8.83. The van der Waals surface area contributed by atoms with E-state index in [1.54, 1.807) is 0 Å². The van der Waals surface area contributed by atoms with E-state index in [-0.39, 0.29) is 5.78 Å².